The van der Waals surface area contributed by atoms with Crippen LogP contribution >= 0.6 is 23.4 Å². The number of allylic oxidation sites excluding steroid dienone is 1. The Balaban J connectivity index is 1.42. The summed E-state index contributed by atoms with van der Waals surface area (Å²) in [4.78, 5) is 52.7. The highest BCUT2D eigenvalue weighted by Crippen LogP contribution is 2.28. The highest BCUT2D eigenvalue weighted by atomic mass is 35.5. The normalized spacial score (nSPS) is 16.6. The third-order valence-electron chi connectivity index (χ3n) is 5.74. The maximum atomic E-state index is 13.3. The minimum atomic E-state index is -0.646. The van der Waals surface area contributed by atoms with E-state index in [9.17, 15) is 19.2 Å². The van der Waals surface area contributed by atoms with Crippen LogP contribution in [0.2, 0.25) is 5.02 Å². The highest BCUT2D eigenvalue weighted by molar-refractivity contribution is 8.04. The molecule has 2 aromatic rings. The molecule has 2 N–H and O–H groups in total. The Kier molecular flexibility index (Phi) is 8.62. The molecule has 2 aliphatic rings. The van der Waals surface area contributed by atoms with E-state index in [0.717, 1.165) is 10.5 Å². The number of fused-ring (bicyclic) bond motifs is 1. The van der Waals surface area contributed by atoms with Gasteiger partial charge in [-0.15, -0.1) is 11.8 Å². The van der Waals surface area contributed by atoms with Gasteiger partial charge >= 0.3 is 11.9 Å². The van der Waals surface area contributed by atoms with Crippen molar-refractivity contribution in [3.8, 4) is 5.75 Å². The Morgan fingerprint density at radius 1 is 1.11 bits per heavy atom. The van der Waals surface area contributed by atoms with Crippen LogP contribution < -0.4 is 15.4 Å². The number of carbonyl (C=O) groups excluding carboxylic acids is 4. The lowest BCUT2D eigenvalue weighted by molar-refractivity contribution is -0.425. The smallest absolute Gasteiger partial charge is 0.492 e. The Labute approximate surface area is 223 Å². The van der Waals surface area contributed by atoms with E-state index in [0.29, 0.717) is 28.8 Å². The summed E-state index contributed by atoms with van der Waals surface area (Å²) in [6, 6.07) is 13.5. The monoisotopic (exact) mass is 541 g/mol. The van der Waals surface area contributed by atoms with Crippen LogP contribution in [0.5, 0.6) is 5.75 Å². The van der Waals surface area contributed by atoms with Crippen molar-refractivity contribution in [2.45, 2.75) is 25.1 Å². The fourth-order valence-electron chi connectivity index (χ4n) is 3.94. The van der Waals surface area contributed by atoms with Gasteiger partial charge in [-0.25, -0.2) is 4.79 Å². The Bertz CT molecular complexity index is 1300. The number of urea groups is 1. The molecule has 2 heterocycles. The van der Waals surface area contributed by atoms with E-state index in [2.05, 4.69) is 10.6 Å². The molecule has 5 amide bonds. The molecule has 11 heteroatoms. The number of hydrogen-bond donors (Lipinski definition) is 2. The van der Waals surface area contributed by atoms with Gasteiger partial charge in [-0.1, -0.05) is 41.9 Å². The van der Waals surface area contributed by atoms with E-state index in [-0.39, 0.29) is 32.0 Å². The number of nitrogens with one attached hydrogen (secondary N) is 2. The second kappa shape index (κ2) is 12.1. The zero-order valence-electron chi connectivity index (χ0n) is 20.1. The number of anilines is 1. The second-order valence-electron chi connectivity index (χ2n) is 8.20. The molecule has 2 aromatic carbocycles. The van der Waals surface area contributed by atoms with E-state index >= 15 is 0 Å². The first kappa shape index (κ1) is 26.4. The van der Waals surface area contributed by atoms with Gasteiger partial charge in [0.2, 0.25) is 5.91 Å². The largest absolute Gasteiger partial charge is 0.501 e. The number of rotatable bonds is 10. The van der Waals surface area contributed by atoms with Crippen molar-refractivity contribution in [1.82, 2.24) is 10.2 Å². The van der Waals surface area contributed by atoms with Crippen molar-refractivity contribution in [3.63, 3.8) is 0 Å². The van der Waals surface area contributed by atoms with E-state index in [1.807, 2.05) is 13.0 Å². The molecule has 9 nitrogen and oxygen atoms in total. The zero-order chi connectivity index (χ0) is 26.4. The lowest BCUT2D eigenvalue weighted by Gasteiger charge is -2.24. The van der Waals surface area contributed by atoms with Crippen LogP contribution in [0.15, 0.2) is 60.0 Å². The van der Waals surface area contributed by atoms with Gasteiger partial charge in [-0.3, -0.25) is 9.59 Å². The van der Waals surface area contributed by atoms with Gasteiger partial charge in [0, 0.05) is 11.6 Å². The number of thioether (sulfide) groups is 1. The Hall–Kier alpha value is -3.63. The molecular weight excluding hydrogens is 516 g/mol. The molecule has 1 unspecified atom stereocenters. The highest BCUT2D eigenvalue weighted by Gasteiger charge is 2.49. The minimum absolute atomic E-state index is 0.0795. The quantitative estimate of drug-likeness (QED) is 0.446. The van der Waals surface area contributed by atoms with Gasteiger partial charge in [0.1, 0.15) is 18.0 Å². The Morgan fingerprint density at radius 2 is 1.86 bits per heavy atom. The van der Waals surface area contributed by atoms with Crippen molar-refractivity contribution in [2.24, 2.45) is 0 Å². The third-order valence-corrected chi connectivity index (χ3v) is 7.12. The van der Waals surface area contributed by atoms with E-state index < -0.39 is 23.1 Å². The summed E-state index contributed by atoms with van der Waals surface area (Å²) >= 11 is 7.38. The molecule has 0 fully saturated rings. The predicted octanol–water partition coefficient (Wildman–Crippen LogP) is 3.43. The summed E-state index contributed by atoms with van der Waals surface area (Å²) in [5.74, 6) is -0.662. The molecule has 0 saturated heterocycles. The average molecular weight is 542 g/mol. The molecule has 37 heavy (non-hydrogen) atoms. The summed E-state index contributed by atoms with van der Waals surface area (Å²) in [6.45, 7) is 2.10. The van der Waals surface area contributed by atoms with Crippen LogP contribution in [0.4, 0.5) is 10.5 Å². The average Bonchev–Trinajstić information content (AvgIpc) is 3.38. The van der Waals surface area contributed by atoms with Crippen molar-refractivity contribution in [2.75, 3.05) is 25.0 Å². The molecule has 4 rings (SSSR count). The van der Waals surface area contributed by atoms with Crippen molar-refractivity contribution < 1.29 is 28.5 Å². The first-order valence-electron chi connectivity index (χ1n) is 11.7. The number of amides is 5. The molecule has 0 spiro atoms. The van der Waals surface area contributed by atoms with Crippen LogP contribution in [-0.2, 0) is 20.9 Å². The number of ether oxygens (including phenoxy) is 1. The van der Waals surface area contributed by atoms with E-state index in [1.54, 1.807) is 53.9 Å². The van der Waals surface area contributed by atoms with Gasteiger partial charge < -0.3 is 15.4 Å². The van der Waals surface area contributed by atoms with E-state index in [1.165, 1.54) is 16.3 Å². The predicted molar refractivity (Wildman–Crippen MR) is 142 cm³/mol. The zero-order valence-corrected chi connectivity index (χ0v) is 21.7. The van der Waals surface area contributed by atoms with Crippen molar-refractivity contribution in [3.05, 3.63) is 70.6 Å². The molecule has 0 bridgehead atoms. The number of halogens is 1. The second-order valence-corrected chi connectivity index (χ2v) is 9.62. The van der Waals surface area contributed by atoms with Crippen LogP contribution in [0, 0.1) is 0 Å². The van der Waals surface area contributed by atoms with Crippen LogP contribution in [0.1, 0.15) is 18.9 Å². The number of carbonyl (C=O) groups is 4. The van der Waals surface area contributed by atoms with Gasteiger partial charge in [0.15, 0.2) is 11.8 Å². The number of imide groups is 1. The third kappa shape index (κ3) is 6.20. The molecule has 1 atom stereocenters. The summed E-state index contributed by atoms with van der Waals surface area (Å²) in [5.41, 5.74) is 1.70. The van der Waals surface area contributed by atoms with Gasteiger partial charge in [0.25, 0.3) is 5.91 Å². The summed E-state index contributed by atoms with van der Waals surface area (Å²) in [7, 11) is 0. The maximum absolute atomic E-state index is 13.3. The number of para-hydroxylation sites is 2. The van der Waals surface area contributed by atoms with Crippen LogP contribution in [0.25, 0.3) is 0 Å². The summed E-state index contributed by atoms with van der Waals surface area (Å²) < 4.78 is 6.83. The first-order valence-corrected chi connectivity index (χ1v) is 13.0. The molecule has 192 valence electrons. The van der Waals surface area contributed by atoms with Crippen LogP contribution in [-0.4, -0.2) is 63.9 Å². The topological polar surface area (TPSA) is 108 Å². The fourth-order valence-corrected chi connectivity index (χ4v) is 5.11. The lowest BCUT2D eigenvalue weighted by atomic mass is 10.1. The summed E-state index contributed by atoms with van der Waals surface area (Å²) in [6.07, 6.45) is 1.59. The first-order chi connectivity index (χ1) is 17.9. The van der Waals surface area contributed by atoms with Gasteiger partial charge in [-0.05, 0) is 42.2 Å². The lowest BCUT2D eigenvalue weighted by Crippen LogP contribution is -2.56. The van der Waals surface area contributed by atoms with Gasteiger partial charge in [0.05, 0.1) is 18.7 Å². The van der Waals surface area contributed by atoms with Crippen LogP contribution in [0.3, 0.4) is 0 Å². The van der Waals surface area contributed by atoms with E-state index in [4.69, 9.17) is 16.3 Å². The maximum Gasteiger partial charge on any atom is 0.501 e. The summed E-state index contributed by atoms with van der Waals surface area (Å²) in [5, 5.41) is 7.15. The number of hydrogen-bond acceptors (Lipinski definition) is 6. The van der Waals surface area contributed by atoms with Crippen molar-refractivity contribution >= 4 is 58.5 Å². The fraction of sp³-hybridized carbons (Fsp3) is 0.269. The molecular formula is C26H26ClN4O5S+. The Morgan fingerprint density at radius 3 is 2.65 bits per heavy atom. The molecule has 0 radical (unpaired) electrons. The van der Waals surface area contributed by atoms with Gasteiger partial charge in [-0.2, -0.15) is 14.3 Å². The molecule has 2 aliphatic heterocycles. The SMILES string of the molecule is CCOc1ccccc1NC(=O)C[N+]1=C2C=CSC2C(=O)N(CCC(=O)NCc2ccccc2Cl)C1=O. The minimum Gasteiger partial charge on any atom is -0.492 e. The molecule has 0 aliphatic carbocycles. The molecule has 0 saturated carbocycles. The van der Waals surface area contributed by atoms with Crippen molar-refractivity contribution in [1.29, 1.82) is 0 Å². The number of benzene rings is 2. The molecule has 0 aromatic heterocycles. The number of nitrogens with zero attached hydrogens (tertiary/aromatic N) is 2. The standard InChI is InChI=1S/C26H25ClN4O5S/c1-2-36-21-10-6-5-9-19(21)29-23(33)16-31-20-12-14-37-24(20)25(34)30(26(31)35)13-11-22(32)28-15-17-7-3-4-8-18(17)27/h3-10,12,14,24H,2,11,13,15-16H2,1H3,(H-,28,29,32,33)/p+1.